The zero-order valence-electron chi connectivity index (χ0n) is 15.1. The normalized spacial score (nSPS) is 13.6. The fourth-order valence-corrected chi connectivity index (χ4v) is 3.27. The molecule has 3 amide bonds. The van der Waals surface area contributed by atoms with Crippen molar-refractivity contribution in [1.29, 1.82) is 0 Å². The molecule has 0 radical (unpaired) electrons. The van der Waals surface area contributed by atoms with Gasteiger partial charge in [0.1, 0.15) is 0 Å². The van der Waals surface area contributed by atoms with E-state index < -0.39 is 0 Å². The van der Waals surface area contributed by atoms with E-state index in [9.17, 15) is 9.59 Å². The van der Waals surface area contributed by atoms with Crippen LogP contribution in [-0.2, 0) is 17.9 Å². The molecule has 1 saturated heterocycles. The van der Waals surface area contributed by atoms with Crippen LogP contribution in [0.1, 0.15) is 24.0 Å². The zero-order chi connectivity index (χ0) is 19.2. The molecule has 0 bridgehead atoms. The van der Waals surface area contributed by atoms with E-state index in [1.807, 2.05) is 29.2 Å². The van der Waals surface area contributed by atoms with Crippen molar-refractivity contribution in [2.45, 2.75) is 25.9 Å². The van der Waals surface area contributed by atoms with Crippen LogP contribution in [0.15, 0.2) is 42.5 Å². The highest BCUT2D eigenvalue weighted by Gasteiger charge is 2.19. The molecule has 0 saturated carbocycles. The van der Waals surface area contributed by atoms with Gasteiger partial charge in [-0.15, -0.1) is 0 Å². The number of nitrogens with zero attached hydrogens (tertiary/aromatic N) is 1. The van der Waals surface area contributed by atoms with Gasteiger partial charge in [-0.1, -0.05) is 41.9 Å². The number of halogens is 1. The number of nitrogens with one attached hydrogen (secondary N) is 2. The fraction of sp³-hybridized carbons (Fsp3) is 0.300. The number of ether oxygens (including phenoxy) is 1. The van der Waals surface area contributed by atoms with Gasteiger partial charge in [0.05, 0.1) is 17.8 Å². The minimum Gasteiger partial charge on any atom is -0.493 e. The third-order valence-corrected chi connectivity index (χ3v) is 4.74. The molecule has 0 aromatic heterocycles. The third-order valence-electron chi connectivity index (χ3n) is 4.44. The molecule has 3 rings (SSSR count). The maximum Gasteiger partial charge on any atom is 0.319 e. The van der Waals surface area contributed by atoms with Crippen LogP contribution < -0.4 is 15.4 Å². The number of amides is 3. The number of hydrogen-bond acceptors (Lipinski definition) is 3. The largest absolute Gasteiger partial charge is 0.493 e. The smallest absolute Gasteiger partial charge is 0.319 e. The van der Waals surface area contributed by atoms with Crippen molar-refractivity contribution in [3.63, 3.8) is 0 Å². The van der Waals surface area contributed by atoms with Crippen molar-refractivity contribution in [2.24, 2.45) is 0 Å². The second-order valence-electron chi connectivity index (χ2n) is 6.36. The lowest BCUT2D eigenvalue weighted by atomic mass is 10.1. The summed E-state index contributed by atoms with van der Waals surface area (Å²) in [7, 11) is 1.50. The van der Waals surface area contributed by atoms with Gasteiger partial charge in [-0.3, -0.25) is 4.79 Å². The first kappa shape index (κ1) is 19.0. The summed E-state index contributed by atoms with van der Waals surface area (Å²) < 4.78 is 5.21. The van der Waals surface area contributed by atoms with E-state index in [4.69, 9.17) is 16.3 Å². The molecule has 2 aromatic rings. The molecule has 1 heterocycles. The fourth-order valence-electron chi connectivity index (χ4n) is 3.02. The van der Waals surface area contributed by atoms with Crippen LogP contribution in [0.5, 0.6) is 5.75 Å². The molecule has 2 aromatic carbocycles. The highest BCUT2D eigenvalue weighted by atomic mass is 35.5. The molecular weight excluding hydrogens is 366 g/mol. The average molecular weight is 388 g/mol. The Morgan fingerprint density at radius 2 is 1.93 bits per heavy atom. The molecule has 0 unspecified atom stereocenters. The SMILES string of the molecule is COc1c(Cl)cccc1NC(=O)NCc1ccc(CN2CCCC2=O)cc1. The monoisotopic (exact) mass is 387 g/mol. The maximum absolute atomic E-state index is 12.1. The molecule has 0 aliphatic carbocycles. The van der Waals surface area contributed by atoms with Gasteiger partial charge < -0.3 is 20.3 Å². The first-order valence-corrected chi connectivity index (χ1v) is 9.17. The van der Waals surface area contributed by atoms with Crippen molar-refractivity contribution in [3.8, 4) is 5.75 Å². The Morgan fingerprint density at radius 1 is 1.19 bits per heavy atom. The Kier molecular flexibility index (Phi) is 6.19. The van der Waals surface area contributed by atoms with Crippen LogP contribution in [0.4, 0.5) is 10.5 Å². The van der Waals surface area contributed by atoms with Gasteiger partial charge in [0.2, 0.25) is 5.91 Å². The molecule has 0 spiro atoms. The molecule has 1 aliphatic heterocycles. The van der Waals surface area contributed by atoms with Crippen LogP contribution in [0.3, 0.4) is 0 Å². The Balaban J connectivity index is 1.52. The quantitative estimate of drug-likeness (QED) is 0.792. The molecule has 6 nitrogen and oxygen atoms in total. The molecule has 2 N–H and O–H groups in total. The number of methoxy groups -OCH3 is 1. The molecular formula is C20H22ClN3O3. The van der Waals surface area contributed by atoms with Crippen molar-refractivity contribution in [3.05, 3.63) is 58.6 Å². The predicted octanol–water partition coefficient (Wildman–Crippen LogP) is 3.79. The van der Waals surface area contributed by atoms with E-state index in [1.54, 1.807) is 18.2 Å². The number of rotatable bonds is 6. The number of para-hydroxylation sites is 1. The molecule has 1 aliphatic rings. The lowest BCUT2D eigenvalue weighted by molar-refractivity contribution is -0.128. The van der Waals surface area contributed by atoms with E-state index in [0.717, 1.165) is 24.1 Å². The summed E-state index contributed by atoms with van der Waals surface area (Å²) in [6, 6.07) is 12.7. The second-order valence-corrected chi connectivity index (χ2v) is 6.77. The zero-order valence-corrected chi connectivity index (χ0v) is 15.9. The standard InChI is InChI=1S/C20H22ClN3O3/c1-27-19-16(21)4-2-5-17(19)23-20(26)22-12-14-7-9-15(10-8-14)13-24-11-3-6-18(24)25/h2,4-5,7-10H,3,6,11-13H2,1H3,(H2,22,23,26). The summed E-state index contributed by atoms with van der Waals surface area (Å²) in [5.74, 6) is 0.643. The second kappa shape index (κ2) is 8.77. The summed E-state index contributed by atoms with van der Waals surface area (Å²) >= 11 is 6.05. The number of urea groups is 1. The molecule has 7 heteroatoms. The first-order valence-electron chi connectivity index (χ1n) is 8.80. The van der Waals surface area contributed by atoms with Crippen LogP contribution in [0, 0.1) is 0 Å². The highest BCUT2D eigenvalue weighted by molar-refractivity contribution is 6.32. The number of likely N-dealkylation sites (tertiary alicyclic amines) is 1. The third kappa shape index (κ3) is 4.92. The molecule has 142 valence electrons. The Hall–Kier alpha value is -2.73. The number of carbonyl (C=O) groups excluding carboxylic acids is 2. The van der Waals surface area contributed by atoms with Crippen molar-refractivity contribution in [2.75, 3.05) is 19.0 Å². The van der Waals surface area contributed by atoms with Gasteiger partial charge in [0.15, 0.2) is 5.75 Å². The van der Waals surface area contributed by atoms with Gasteiger partial charge in [-0.2, -0.15) is 0 Å². The maximum atomic E-state index is 12.1. The minimum atomic E-state index is -0.345. The molecule has 1 fully saturated rings. The predicted molar refractivity (Wildman–Crippen MR) is 105 cm³/mol. The van der Waals surface area contributed by atoms with Gasteiger partial charge in [-0.25, -0.2) is 4.79 Å². The van der Waals surface area contributed by atoms with Crippen LogP contribution in [0.25, 0.3) is 0 Å². The summed E-state index contributed by atoms with van der Waals surface area (Å²) in [6.45, 7) is 1.86. The van der Waals surface area contributed by atoms with E-state index in [2.05, 4.69) is 10.6 Å². The van der Waals surface area contributed by atoms with E-state index in [-0.39, 0.29) is 11.9 Å². The van der Waals surface area contributed by atoms with Gasteiger partial charge in [-0.05, 0) is 29.7 Å². The highest BCUT2D eigenvalue weighted by Crippen LogP contribution is 2.32. The number of benzene rings is 2. The lowest BCUT2D eigenvalue weighted by Crippen LogP contribution is -2.28. The lowest BCUT2D eigenvalue weighted by Gasteiger charge is -2.16. The van der Waals surface area contributed by atoms with Crippen molar-refractivity contribution < 1.29 is 14.3 Å². The van der Waals surface area contributed by atoms with Gasteiger partial charge in [0.25, 0.3) is 0 Å². The molecule has 0 atom stereocenters. The summed E-state index contributed by atoms with van der Waals surface area (Å²) in [5, 5.41) is 5.97. The van der Waals surface area contributed by atoms with E-state index in [1.165, 1.54) is 7.11 Å². The average Bonchev–Trinajstić information content (AvgIpc) is 3.06. The van der Waals surface area contributed by atoms with Crippen molar-refractivity contribution >= 4 is 29.2 Å². The number of carbonyl (C=O) groups is 2. The number of anilines is 1. The topological polar surface area (TPSA) is 70.7 Å². The van der Waals surface area contributed by atoms with Crippen LogP contribution in [-0.4, -0.2) is 30.5 Å². The Labute approximate surface area is 163 Å². The first-order chi connectivity index (χ1) is 13.1. The van der Waals surface area contributed by atoms with E-state index in [0.29, 0.717) is 36.0 Å². The van der Waals surface area contributed by atoms with Crippen LogP contribution >= 0.6 is 11.6 Å². The van der Waals surface area contributed by atoms with Gasteiger partial charge >= 0.3 is 6.03 Å². The molecule has 27 heavy (non-hydrogen) atoms. The van der Waals surface area contributed by atoms with Crippen LogP contribution in [0.2, 0.25) is 5.02 Å². The van der Waals surface area contributed by atoms with Gasteiger partial charge in [0, 0.05) is 26.1 Å². The summed E-state index contributed by atoms with van der Waals surface area (Å²) in [4.78, 5) is 25.7. The summed E-state index contributed by atoms with van der Waals surface area (Å²) in [6.07, 6.45) is 1.59. The Morgan fingerprint density at radius 3 is 2.59 bits per heavy atom. The number of hydrogen-bond donors (Lipinski definition) is 2. The minimum absolute atomic E-state index is 0.217. The Bertz CT molecular complexity index is 824. The summed E-state index contributed by atoms with van der Waals surface area (Å²) in [5.41, 5.74) is 2.56. The van der Waals surface area contributed by atoms with E-state index >= 15 is 0 Å². The van der Waals surface area contributed by atoms with Crippen molar-refractivity contribution in [1.82, 2.24) is 10.2 Å².